The van der Waals surface area contributed by atoms with Gasteiger partial charge in [0.2, 0.25) is 15.9 Å². The number of carbonyl (C=O) groups excluding carboxylic acids is 1. The number of hydrogen-bond acceptors (Lipinski definition) is 9. The van der Waals surface area contributed by atoms with Crippen LogP contribution in [0.3, 0.4) is 0 Å². The maximum Gasteiger partial charge on any atom is 0.276 e. The number of nitrogens with one attached hydrogen (secondary N) is 1. The second kappa shape index (κ2) is 10.5. The minimum Gasteiger partial charge on any atom is -0.415 e. The molecule has 10 nitrogen and oxygen atoms in total. The molecule has 0 spiro atoms. The number of nitrogens with zero attached hydrogens (tertiary/aromatic N) is 4. The molecule has 0 atom stereocenters. The molecule has 2 aromatic heterocycles. The Morgan fingerprint density at radius 2 is 1.90 bits per heavy atom. The van der Waals surface area contributed by atoms with Crippen molar-refractivity contribution in [3.8, 4) is 21.3 Å². The number of aliphatic hydroxyl groups is 1. The molecule has 1 aliphatic heterocycles. The summed E-state index contributed by atoms with van der Waals surface area (Å²) in [6, 6.07) is 2.51. The number of aromatic nitrogens is 3. The van der Waals surface area contributed by atoms with Gasteiger partial charge in [0.15, 0.2) is 5.01 Å². The highest BCUT2D eigenvalue weighted by Crippen LogP contribution is 2.42. The molecule has 4 rings (SSSR count). The molecule has 2 N–H and O–H groups in total. The molecular formula is C24H28ClF2N5O5S2. The summed E-state index contributed by atoms with van der Waals surface area (Å²) in [5, 5.41) is 18.2. The highest BCUT2D eigenvalue weighted by molar-refractivity contribution is 7.89. The average molecular weight is 604 g/mol. The fraction of sp³-hybridized carbons (Fsp3) is 0.500. The van der Waals surface area contributed by atoms with Crippen LogP contribution in [-0.2, 0) is 15.6 Å². The molecule has 0 aliphatic carbocycles. The van der Waals surface area contributed by atoms with Crippen molar-refractivity contribution in [3.05, 3.63) is 34.3 Å². The fourth-order valence-corrected chi connectivity index (χ4v) is 6.87. The summed E-state index contributed by atoms with van der Waals surface area (Å²) in [7, 11) is -3.87. The summed E-state index contributed by atoms with van der Waals surface area (Å²) in [4.78, 5) is 19.5. The minimum absolute atomic E-state index is 0.0208. The fourth-order valence-electron chi connectivity index (χ4n) is 3.99. The molecule has 39 heavy (non-hydrogen) atoms. The maximum atomic E-state index is 13.8. The minimum atomic E-state index is -3.87. The number of alkyl halides is 2. The van der Waals surface area contributed by atoms with Gasteiger partial charge in [-0.3, -0.25) is 4.79 Å². The first kappa shape index (κ1) is 29.5. The third kappa shape index (κ3) is 6.14. The first-order valence-corrected chi connectivity index (χ1v) is 14.7. The number of benzene rings is 1. The Bertz CT molecular complexity index is 1510. The molecule has 0 saturated carbocycles. The lowest BCUT2D eigenvalue weighted by Crippen LogP contribution is -2.43. The predicted molar refractivity (Wildman–Crippen MR) is 141 cm³/mol. The summed E-state index contributed by atoms with van der Waals surface area (Å²) in [6.45, 7) is 7.53. The SMILES string of the molecule is Cc1c(S(=O)(=O)NC(C)C)ccc(-c2sc(-c3nnc(C(C)(C)O)o3)nc2C(=O)N2CCC(F)(F)CC2)c1Cl. The molecule has 15 heteroatoms. The number of piperidine rings is 1. The topological polar surface area (TPSA) is 139 Å². The Kier molecular flexibility index (Phi) is 7.91. The lowest BCUT2D eigenvalue weighted by Gasteiger charge is -2.31. The van der Waals surface area contributed by atoms with Crippen molar-refractivity contribution in [3.63, 3.8) is 0 Å². The molecule has 3 aromatic rings. The van der Waals surface area contributed by atoms with E-state index in [1.165, 1.54) is 30.9 Å². The number of amides is 1. The molecule has 1 fully saturated rings. The Hall–Kier alpha value is -2.52. The van der Waals surface area contributed by atoms with Crippen LogP contribution < -0.4 is 4.72 Å². The Balaban J connectivity index is 1.82. The lowest BCUT2D eigenvalue weighted by atomic mass is 10.1. The Labute approximate surface area is 233 Å². The standard InChI is InChI=1S/C24H28ClF2N5O5S2/c1-12(2)31-39(35,36)15-7-6-14(16(25)13(15)3)18-17(21(33)32-10-8-24(26,27)9-11-32)28-20(38-18)19-29-30-22(37-19)23(4,5)34/h6-7,12,31,34H,8-11H2,1-5H3. The molecule has 0 radical (unpaired) electrons. The van der Waals surface area contributed by atoms with E-state index in [0.29, 0.717) is 5.56 Å². The maximum absolute atomic E-state index is 13.8. The Morgan fingerprint density at radius 1 is 1.26 bits per heavy atom. The molecule has 1 aromatic carbocycles. The highest BCUT2D eigenvalue weighted by atomic mass is 35.5. The quantitative estimate of drug-likeness (QED) is 0.399. The second-order valence-electron chi connectivity index (χ2n) is 10.1. The average Bonchev–Trinajstić information content (AvgIpc) is 3.47. The van der Waals surface area contributed by atoms with Crippen LogP contribution in [0.2, 0.25) is 5.02 Å². The van der Waals surface area contributed by atoms with Gasteiger partial charge in [-0.2, -0.15) is 0 Å². The van der Waals surface area contributed by atoms with E-state index in [2.05, 4.69) is 19.9 Å². The van der Waals surface area contributed by atoms with Gasteiger partial charge in [0.25, 0.3) is 17.7 Å². The number of likely N-dealkylation sites (tertiary alicyclic amines) is 1. The number of rotatable bonds is 7. The zero-order chi connectivity index (χ0) is 28.9. The van der Waals surface area contributed by atoms with Crippen molar-refractivity contribution < 1.29 is 31.5 Å². The lowest BCUT2D eigenvalue weighted by molar-refractivity contribution is -0.0494. The summed E-state index contributed by atoms with van der Waals surface area (Å²) in [6.07, 6.45) is -0.947. The van der Waals surface area contributed by atoms with E-state index in [9.17, 15) is 27.1 Å². The number of hydrogen-bond donors (Lipinski definition) is 2. The first-order chi connectivity index (χ1) is 18.0. The molecule has 1 amide bonds. The van der Waals surface area contributed by atoms with Gasteiger partial charge < -0.3 is 14.4 Å². The van der Waals surface area contributed by atoms with Crippen LogP contribution in [-0.4, -0.2) is 64.6 Å². The van der Waals surface area contributed by atoms with E-state index < -0.39 is 40.3 Å². The van der Waals surface area contributed by atoms with Gasteiger partial charge in [0.1, 0.15) is 11.3 Å². The first-order valence-electron chi connectivity index (χ1n) is 12.1. The van der Waals surface area contributed by atoms with Gasteiger partial charge in [-0.25, -0.2) is 26.9 Å². The van der Waals surface area contributed by atoms with Crippen LogP contribution in [0.4, 0.5) is 8.78 Å². The van der Waals surface area contributed by atoms with Gasteiger partial charge in [0.05, 0.1) is 14.8 Å². The second-order valence-corrected chi connectivity index (χ2v) is 13.2. The number of thiazole rings is 1. The third-order valence-corrected chi connectivity index (χ3v) is 9.37. The Morgan fingerprint density at radius 3 is 2.46 bits per heavy atom. The van der Waals surface area contributed by atoms with Crippen molar-refractivity contribution in [2.75, 3.05) is 13.1 Å². The van der Waals surface area contributed by atoms with Gasteiger partial charge >= 0.3 is 0 Å². The molecule has 1 saturated heterocycles. The molecule has 1 aliphatic rings. The van der Waals surface area contributed by atoms with Gasteiger partial charge in [-0.1, -0.05) is 17.7 Å². The van der Waals surface area contributed by atoms with E-state index >= 15 is 0 Å². The van der Waals surface area contributed by atoms with Crippen LogP contribution in [0.5, 0.6) is 0 Å². The zero-order valence-electron chi connectivity index (χ0n) is 21.9. The van der Waals surface area contributed by atoms with E-state index in [0.717, 1.165) is 11.3 Å². The molecule has 0 unspecified atom stereocenters. The van der Waals surface area contributed by atoms with Crippen LogP contribution >= 0.6 is 22.9 Å². The smallest absolute Gasteiger partial charge is 0.276 e. The van der Waals surface area contributed by atoms with E-state index in [1.807, 2.05) is 0 Å². The van der Waals surface area contributed by atoms with Gasteiger partial charge in [-0.05, 0) is 46.2 Å². The van der Waals surface area contributed by atoms with E-state index in [1.54, 1.807) is 20.8 Å². The van der Waals surface area contributed by atoms with Crippen molar-refractivity contribution in [2.45, 2.75) is 69.9 Å². The largest absolute Gasteiger partial charge is 0.415 e. The monoisotopic (exact) mass is 603 g/mol. The summed E-state index contributed by atoms with van der Waals surface area (Å²) < 4.78 is 61.2. The molecule has 0 bridgehead atoms. The van der Waals surface area contributed by atoms with Crippen LogP contribution in [0.15, 0.2) is 21.4 Å². The van der Waals surface area contributed by atoms with Crippen LogP contribution in [0.1, 0.15) is 62.5 Å². The molecular weight excluding hydrogens is 576 g/mol. The van der Waals surface area contributed by atoms with E-state index in [4.69, 9.17) is 16.0 Å². The van der Waals surface area contributed by atoms with E-state index in [-0.39, 0.29) is 62.0 Å². The van der Waals surface area contributed by atoms with Gasteiger partial charge in [-0.15, -0.1) is 21.5 Å². The van der Waals surface area contributed by atoms with Crippen molar-refractivity contribution in [1.82, 2.24) is 24.8 Å². The van der Waals surface area contributed by atoms with Crippen molar-refractivity contribution in [1.29, 1.82) is 0 Å². The summed E-state index contributed by atoms with van der Waals surface area (Å²) in [5.41, 5.74) is -0.903. The normalized spacial score (nSPS) is 16.2. The molecule has 3 heterocycles. The van der Waals surface area contributed by atoms with Crippen LogP contribution in [0, 0.1) is 6.92 Å². The summed E-state index contributed by atoms with van der Waals surface area (Å²) >= 11 is 7.67. The van der Waals surface area contributed by atoms with Crippen LogP contribution in [0.25, 0.3) is 21.3 Å². The number of sulfonamides is 1. The third-order valence-electron chi connectivity index (χ3n) is 6.00. The number of halogens is 3. The number of carbonyl (C=O) groups is 1. The van der Waals surface area contributed by atoms with Crippen molar-refractivity contribution in [2.24, 2.45) is 0 Å². The predicted octanol–water partition coefficient (Wildman–Crippen LogP) is 4.61. The highest BCUT2D eigenvalue weighted by Gasteiger charge is 2.38. The zero-order valence-corrected chi connectivity index (χ0v) is 24.3. The summed E-state index contributed by atoms with van der Waals surface area (Å²) in [5.74, 6) is -3.56. The molecule has 212 valence electrons. The van der Waals surface area contributed by atoms with Gasteiger partial charge in [0, 0.05) is 37.5 Å². The van der Waals surface area contributed by atoms with Crippen molar-refractivity contribution >= 4 is 38.9 Å².